The van der Waals surface area contributed by atoms with E-state index in [1.165, 1.54) is 5.56 Å². The van der Waals surface area contributed by atoms with E-state index in [-0.39, 0.29) is 6.04 Å². The number of benzene rings is 1. The molecule has 2 heteroatoms. The fraction of sp³-hybridized carbons (Fsp3) is 0.647. The number of hydrogen-bond donors (Lipinski definition) is 2. The smallest absolute Gasteiger partial charge is 0.0942 e. The van der Waals surface area contributed by atoms with Crippen LogP contribution in [0.5, 0.6) is 0 Å². The molecule has 19 heavy (non-hydrogen) atoms. The summed E-state index contributed by atoms with van der Waals surface area (Å²) in [7, 11) is 0. The van der Waals surface area contributed by atoms with Gasteiger partial charge in [-0.2, -0.15) is 0 Å². The highest BCUT2D eigenvalue weighted by atomic mass is 16.3. The standard InChI is InChI=1S/C17H29NO/c1-5-14-7-9-15(10-8-14)17(19)16(6-2)18-12-11-13(3)4/h7-10,13,16-19H,5-6,11-12H2,1-4H3. The molecule has 2 atom stereocenters. The lowest BCUT2D eigenvalue weighted by molar-refractivity contribution is 0.125. The van der Waals surface area contributed by atoms with Crippen LogP contribution in [0.2, 0.25) is 0 Å². The van der Waals surface area contributed by atoms with Crippen molar-refractivity contribution in [3.05, 3.63) is 35.4 Å². The van der Waals surface area contributed by atoms with Crippen LogP contribution < -0.4 is 5.32 Å². The normalized spacial score (nSPS) is 14.6. The molecule has 1 rings (SSSR count). The minimum absolute atomic E-state index is 0.145. The second-order valence-electron chi connectivity index (χ2n) is 5.69. The lowest BCUT2D eigenvalue weighted by Crippen LogP contribution is -2.35. The zero-order valence-corrected chi connectivity index (χ0v) is 12.8. The highest BCUT2D eigenvalue weighted by Crippen LogP contribution is 2.20. The Hall–Kier alpha value is -0.860. The van der Waals surface area contributed by atoms with Gasteiger partial charge in [0, 0.05) is 6.04 Å². The SMILES string of the molecule is CCc1ccc(C(O)C(CC)NCCC(C)C)cc1. The fourth-order valence-corrected chi connectivity index (χ4v) is 2.22. The Morgan fingerprint density at radius 1 is 1.11 bits per heavy atom. The van der Waals surface area contributed by atoms with E-state index in [0.29, 0.717) is 5.92 Å². The van der Waals surface area contributed by atoms with Crippen molar-refractivity contribution in [1.82, 2.24) is 5.32 Å². The Bertz CT molecular complexity index is 345. The lowest BCUT2D eigenvalue weighted by Gasteiger charge is -2.24. The second-order valence-corrected chi connectivity index (χ2v) is 5.69. The highest BCUT2D eigenvalue weighted by molar-refractivity contribution is 5.25. The molecule has 1 aromatic rings. The maximum absolute atomic E-state index is 10.4. The van der Waals surface area contributed by atoms with Crippen LogP contribution in [-0.4, -0.2) is 17.7 Å². The topological polar surface area (TPSA) is 32.3 Å². The average molecular weight is 263 g/mol. The molecule has 0 spiro atoms. The number of rotatable bonds is 8. The van der Waals surface area contributed by atoms with Crippen molar-refractivity contribution in [2.24, 2.45) is 5.92 Å². The maximum Gasteiger partial charge on any atom is 0.0942 e. The first-order chi connectivity index (χ1) is 9.08. The van der Waals surface area contributed by atoms with E-state index in [1.54, 1.807) is 0 Å². The molecule has 0 aliphatic rings. The molecule has 0 saturated heterocycles. The third-order valence-electron chi connectivity index (χ3n) is 3.68. The van der Waals surface area contributed by atoms with Crippen LogP contribution in [-0.2, 0) is 6.42 Å². The van der Waals surface area contributed by atoms with Gasteiger partial charge in [-0.15, -0.1) is 0 Å². The van der Waals surface area contributed by atoms with E-state index < -0.39 is 6.10 Å². The molecule has 2 N–H and O–H groups in total. The molecule has 0 saturated carbocycles. The van der Waals surface area contributed by atoms with Crippen molar-refractivity contribution < 1.29 is 5.11 Å². The van der Waals surface area contributed by atoms with Gasteiger partial charge in [0.1, 0.15) is 0 Å². The van der Waals surface area contributed by atoms with Crippen molar-refractivity contribution >= 4 is 0 Å². The fourth-order valence-electron chi connectivity index (χ4n) is 2.22. The van der Waals surface area contributed by atoms with E-state index in [2.05, 4.69) is 57.3 Å². The van der Waals surface area contributed by atoms with E-state index in [0.717, 1.165) is 31.4 Å². The van der Waals surface area contributed by atoms with E-state index in [1.807, 2.05) is 0 Å². The van der Waals surface area contributed by atoms with Crippen LogP contribution in [0.1, 0.15) is 57.8 Å². The van der Waals surface area contributed by atoms with Crippen molar-refractivity contribution in [2.45, 2.75) is 59.1 Å². The monoisotopic (exact) mass is 263 g/mol. The summed E-state index contributed by atoms with van der Waals surface area (Å²) in [5.41, 5.74) is 2.33. The number of nitrogens with one attached hydrogen (secondary N) is 1. The summed E-state index contributed by atoms with van der Waals surface area (Å²) in [5, 5.41) is 13.9. The predicted molar refractivity (Wildman–Crippen MR) is 82.3 cm³/mol. The first kappa shape index (κ1) is 16.2. The zero-order chi connectivity index (χ0) is 14.3. The molecular weight excluding hydrogens is 234 g/mol. The van der Waals surface area contributed by atoms with Crippen LogP contribution in [0.15, 0.2) is 24.3 Å². The lowest BCUT2D eigenvalue weighted by atomic mass is 9.98. The molecule has 0 fully saturated rings. The second kappa shape index (κ2) is 8.34. The van der Waals surface area contributed by atoms with Gasteiger partial charge in [0.15, 0.2) is 0 Å². The molecule has 0 aliphatic carbocycles. The average Bonchev–Trinajstić information content (AvgIpc) is 2.43. The van der Waals surface area contributed by atoms with Gasteiger partial charge in [0.25, 0.3) is 0 Å². The Morgan fingerprint density at radius 3 is 2.21 bits per heavy atom. The van der Waals surface area contributed by atoms with Crippen molar-refractivity contribution in [3.63, 3.8) is 0 Å². The predicted octanol–water partition coefficient (Wildman–Crippen LogP) is 3.70. The van der Waals surface area contributed by atoms with Gasteiger partial charge in [0.05, 0.1) is 6.10 Å². The quantitative estimate of drug-likeness (QED) is 0.749. The van der Waals surface area contributed by atoms with E-state index in [4.69, 9.17) is 0 Å². The summed E-state index contributed by atoms with van der Waals surface area (Å²) in [6.45, 7) is 9.69. The minimum atomic E-state index is -0.414. The van der Waals surface area contributed by atoms with Crippen molar-refractivity contribution in [2.75, 3.05) is 6.54 Å². The first-order valence-electron chi connectivity index (χ1n) is 7.58. The first-order valence-corrected chi connectivity index (χ1v) is 7.58. The molecule has 0 bridgehead atoms. The van der Waals surface area contributed by atoms with Gasteiger partial charge >= 0.3 is 0 Å². The molecule has 2 nitrogen and oxygen atoms in total. The van der Waals surface area contributed by atoms with Crippen LogP contribution >= 0.6 is 0 Å². The summed E-state index contributed by atoms with van der Waals surface area (Å²) in [6, 6.07) is 8.47. The van der Waals surface area contributed by atoms with Gasteiger partial charge in [-0.25, -0.2) is 0 Å². The van der Waals surface area contributed by atoms with Crippen LogP contribution in [0.3, 0.4) is 0 Å². The minimum Gasteiger partial charge on any atom is -0.387 e. The molecular formula is C17H29NO. The molecule has 0 amide bonds. The van der Waals surface area contributed by atoms with Crippen LogP contribution in [0.4, 0.5) is 0 Å². The van der Waals surface area contributed by atoms with Crippen LogP contribution in [0.25, 0.3) is 0 Å². The summed E-state index contributed by atoms with van der Waals surface area (Å²) in [6.07, 6.45) is 2.72. The Balaban J connectivity index is 2.58. The van der Waals surface area contributed by atoms with Gasteiger partial charge in [-0.3, -0.25) is 0 Å². The van der Waals surface area contributed by atoms with Gasteiger partial charge < -0.3 is 10.4 Å². The van der Waals surface area contributed by atoms with Crippen molar-refractivity contribution in [3.8, 4) is 0 Å². The summed E-state index contributed by atoms with van der Waals surface area (Å²) in [5.74, 6) is 0.700. The Kier molecular flexibility index (Phi) is 7.11. The van der Waals surface area contributed by atoms with Gasteiger partial charge in [-0.05, 0) is 42.9 Å². The maximum atomic E-state index is 10.4. The highest BCUT2D eigenvalue weighted by Gasteiger charge is 2.18. The third kappa shape index (κ3) is 5.33. The summed E-state index contributed by atoms with van der Waals surface area (Å²) < 4.78 is 0. The largest absolute Gasteiger partial charge is 0.387 e. The van der Waals surface area contributed by atoms with Crippen LogP contribution in [0, 0.1) is 5.92 Å². The molecule has 1 aromatic carbocycles. The van der Waals surface area contributed by atoms with Gasteiger partial charge in [-0.1, -0.05) is 52.0 Å². The van der Waals surface area contributed by atoms with Crippen molar-refractivity contribution in [1.29, 1.82) is 0 Å². The molecule has 0 aromatic heterocycles. The molecule has 0 radical (unpaired) electrons. The molecule has 108 valence electrons. The van der Waals surface area contributed by atoms with E-state index in [9.17, 15) is 5.11 Å². The summed E-state index contributed by atoms with van der Waals surface area (Å²) in [4.78, 5) is 0. The Morgan fingerprint density at radius 2 is 1.74 bits per heavy atom. The molecule has 0 aliphatic heterocycles. The van der Waals surface area contributed by atoms with E-state index >= 15 is 0 Å². The molecule has 2 unspecified atom stereocenters. The number of aryl methyl sites for hydroxylation is 1. The van der Waals surface area contributed by atoms with Gasteiger partial charge in [0.2, 0.25) is 0 Å². The molecule has 0 heterocycles. The number of aliphatic hydroxyl groups excluding tert-OH is 1. The number of hydrogen-bond acceptors (Lipinski definition) is 2. The third-order valence-corrected chi connectivity index (χ3v) is 3.68. The summed E-state index contributed by atoms with van der Waals surface area (Å²) >= 11 is 0. The number of aliphatic hydroxyl groups is 1. The zero-order valence-electron chi connectivity index (χ0n) is 12.8. The Labute approximate surface area is 118 Å².